The van der Waals surface area contributed by atoms with Gasteiger partial charge in [0.2, 0.25) is 5.91 Å². The van der Waals surface area contributed by atoms with Crippen LogP contribution in [0, 0.1) is 0 Å². The van der Waals surface area contributed by atoms with Crippen LogP contribution in [0.1, 0.15) is 22.3 Å². The van der Waals surface area contributed by atoms with E-state index < -0.39 is 0 Å². The average Bonchev–Trinajstić information content (AvgIpc) is 2.99. The van der Waals surface area contributed by atoms with Crippen molar-refractivity contribution in [3.05, 3.63) is 124 Å². The lowest BCUT2D eigenvalue weighted by atomic mass is 10.1. The molecule has 40 heavy (non-hydrogen) atoms. The highest BCUT2D eigenvalue weighted by atomic mass is 35.5. The molecule has 4 aromatic carbocycles. The summed E-state index contributed by atoms with van der Waals surface area (Å²) in [6.07, 6.45) is 3.75. The molecule has 0 radical (unpaired) electrons. The summed E-state index contributed by atoms with van der Waals surface area (Å²) >= 11 is 6.43. The highest BCUT2D eigenvalue weighted by Crippen LogP contribution is 2.34. The van der Waals surface area contributed by atoms with E-state index in [9.17, 15) is 4.79 Å². The van der Waals surface area contributed by atoms with Crippen LogP contribution in [-0.4, -0.2) is 26.7 Å². The van der Waals surface area contributed by atoms with Gasteiger partial charge < -0.3 is 24.3 Å². The van der Waals surface area contributed by atoms with Crippen LogP contribution < -0.4 is 24.3 Å². The Kier molecular flexibility index (Phi) is 10.5. The molecule has 0 spiro atoms. The van der Waals surface area contributed by atoms with Crippen LogP contribution in [0.4, 0.5) is 0 Å². The van der Waals surface area contributed by atoms with Gasteiger partial charge in [-0.3, -0.25) is 4.79 Å². The maximum absolute atomic E-state index is 12.5. The lowest BCUT2D eigenvalue weighted by molar-refractivity contribution is -0.116. The second-order valence-corrected chi connectivity index (χ2v) is 9.34. The molecule has 0 aliphatic carbocycles. The van der Waals surface area contributed by atoms with E-state index in [1.54, 1.807) is 32.4 Å². The Morgan fingerprint density at radius 1 is 0.725 bits per heavy atom. The van der Waals surface area contributed by atoms with E-state index in [-0.39, 0.29) is 5.91 Å². The fraction of sp³-hybridized carbons (Fsp3) is 0.182. The summed E-state index contributed by atoms with van der Waals surface area (Å²) in [6, 6.07) is 29.0. The number of hydrogen-bond donors (Lipinski definition) is 1. The lowest BCUT2D eigenvalue weighted by Gasteiger charge is -2.13. The summed E-state index contributed by atoms with van der Waals surface area (Å²) in [5.74, 6) is 2.16. The van der Waals surface area contributed by atoms with Crippen molar-refractivity contribution in [1.29, 1.82) is 0 Å². The molecule has 4 rings (SSSR count). The Hall–Kier alpha value is -4.42. The Labute approximate surface area is 240 Å². The molecule has 0 aliphatic heterocycles. The molecule has 0 aromatic heterocycles. The van der Waals surface area contributed by atoms with Crippen LogP contribution in [0.5, 0.6) is 23.0 Å². The summed E-state index contributed by atoms with van der Waals surface area (Å²) in [4.78, 5) is 12.5. The molecule has 0 fully saturated rings. The van der Waals surface area contributed by atoms with Gasteiger partial charge in [-0.25, -0.2) is 0 Å². The molecule has 0 bridgehead atoms. The van der Waals surface area contributed by atoms with Crippen LogP contribution in [0.15, 0.2) is 97.1 Å². The molecular weight excluding hydrogens is 526 g/mol. The minimum Gasteiger partial charge on any atom is -0.493 e. The number of hydrogen-bond acceptors (Lipinski definition) is 5. The monoisotopic (exact) mass is 557 g/mol. The number of amides is 1. The maximum atomic E-state index is 12.5. The van der Waals surface area contributed by atoms with Crippen molar-refractivity contribution in [2.24, 2.45) is 0 Å². The fourth-order valence-corrected chi connectivity index (χ4v) is 4.18. The van der Waals surface area contributed by atoms with Gasteiger partial charge in [0.25, 0.3) is 0 Å². The largest absolute Gasteiger partial charge is 0.493 e. The van der Waals surface area contributed by atoms with E-state index in [4.69, 9.17) is 30.5 Å². The summed E-state index contributed by atoms with van der Waals surface area (Å²) in [5.41, 5.74) is 3.77. The van der Waals surface area contributed by atoms with E-state index >= 15 is 0 Å². The molecule has 4 aromatic rings. The van der Waals surface area contributed by atoms with Crippen molar-refractivity contribution in [2.75, 3.05) is 20.8 Å². The summed E-state index contributed by atoms with van der Waals surface area (Å²) in [6.45, 7) is 1.28. The molecule has 0 heterocycles. The number of halogens is 1. The van der Waals surface area contributed by atoms with Gasteiger partial charge >= 0.3 is 0 Å². The fourth-order valence-electron chi connectivity index (χ4n) is 3.97. The average molecular weight is 558 g/mol. The molecule has 0 saturated carbocycles. The van der Waals surface area contributed by atoms with Crippen LogP contribution in [-0.2, 0) is 24.4 Å². The molecule has 206 valence electrons. The predicted molar refractivity (Wildman–Crippen MR) is 158 cm³/mol. The first kappa shape index (κ1) is 28.6. The van der Waals surface area contributed by atoms with Crippen molar-refractivity contribution >= 4 is 23.6 Å². The van der Waals surface area contributed by atoms with Gasteiger partial charge in [-0.05, 0) is 52.9 Å². The molecule has 0 saturated heterocycles. The lowest BCUT2D eigenvalue weighted by Crippen LogP contribution is -2.23. The molecule has 0 atom stereocenters. The molecular formula is C33H32ClNO5. The third-order valence-corrected chi connectivity index (χ3v) is 6.44. The number of methoxy groups -OCH3 is 2. The van der Waals surface area contributed by atoms with E-state index in [1.165, 1.54) is 6.08 Å². The Morgan fingerprint density at radius 3 is 1.93 bits per heavy atom. The van der Waals surface area contributed by atoms with Gasteiger partial charge in [0.05, 0.1) is 19.2 Å². The van der Waals surface area contributed by atoms with Crippen LogP contribution in [0.2, 0.25) is 5.02 Å². The molecule has 7 heteroatoms. The number of ether oxygens (including phenoxy) is 4. The topological polar surface area (TPSA) is 66.0 Å². The predicted octanol–water partition coefficient (Wildman–Crippen LogP) is 6.89. The Balaban J connectivity index is 1.32. The van der Waals surface area contributed by atoms with Crippen molar-refractivity contribution in [3.63, 3.8) is 0 Å². The van der Waals surface area contributed by atoms with E-state index in [0.29, 0.717) is 59.8 Å². The van der Waals surface area contributed by atoms with Gasteiger partial charge in [-0.15, -0.1) is 0 Å². The molecule has 6 nitrogen and oxygen atoms in total. The number of carbonyl (C=O) groups excluding carboxylic acids is 1. The molecule has 1 N–H and O–H groups in total. The van der Waals surface area contributed by atoms with Crippen molar-refractivity contribution in [1.82, 2.24) is 5.32 Å². The van der Waals surface area contributed by atoms with Crippen molar-refractivity contribution in [3.8, 4) is 23.0 Å². The summed E-state index contributed by atoms with van der Waals surface area (Å²) < 4.78 is 22.8. The summed E-state index contributed by atoms with van der Waals surface area (Å²) in [7, 11) is 3.18. The van der Waals surface area contributed by atoms with Crippen LogP contribution in [0.25, 0.3) is 6.08 Å². The molecule has 0 aliphatic rings. The third kappa shape index (κ3) is 8.29. The van der Waals surface area contributed by atoms with Crippen molar-refractivity contribution < 1.29 is 23.7 Å². The minimum absolute atomic E-state index is 0.229. The summed E-state index contributed by atoms with van der Waals surface area (Å²) in [5, 5.41) is 3.37. The molecule has 0 unspecified atom stereocenters. The maximum Gasteiger partial charge on any atom is 0.244 e. The van der Waals surface area contributed by atoms with E-state index in [1.807, 2.05) is 78.9 Å². The zero-order chi connectivity index (χ0) is 28.2. The normalized spacial score (nSPS) is 10.8. The first-order valence-electron chi connectivity index (χ1n) is 12.9. The Morgan fingerprint density at radius 2 is 1.32 bits per heavy atom. The first-order chi connectivity index (χ1) is 19.6. The molecule has 1 amide bonds. The highest BCUT2D eigenvalue weighted by Gasteiger charge is 2.11. The zero-order valence-electron chi connectivity index (χ0n) is 22.6. The number of carbonyl (C=O) groups is 1. The smallest absolute Gasteiger partial charge is 0.244 e. The van der Waals surface area contributed by atoms with Crippen LogP contribution >= 0.6 is 11.6 Å². The second-order valence-electron chi connectivity index (χ2n) is 8.93. The third-order valence-electron chi connectivity index (χ3n) is 6.11. The quantitative estimate of drug-likeness (QED) is 0.181. The van der Waals surface area contributed by atoms with Gasteiger partial charge in [0.1, 0.15) is 13.2 Å². The second kappa shape index (κ2) is 14.7. The number of benzene rings is 4. The SMILES string of the molecule is COc1ccc(CCNC(=O)C=Cc2cc(OCc3ccccc3)c(OC)cc2Cl)cc1OCc1ccccc1. The minimum atomic E-state index is -0.229. The van der Waals surface area contributed by atoms with Crippen LogP contribution in [0.3, 0.4) is 0 Å². The van der Waals surface area contributed by atoms with Gasteiger partial charge in [0.15, 0.2) is 23.0 Å². The Bertz CT molecular complexity index is 1420. The first-order valence-corrected chi connectivity index (χ1v) is 13.3. The standard InChI is InChI=1S/C33H32ClNO5/c1-37-29-15-13-24(19-31(29)39-22-25-9-5-3-6-10-25)17-18-35-33(36)16-14-27-20-32(30(38-2)21-28(27)34)40-23-26-11-7-4-8-12-26/h3-16,19-21H,17-18,22-23H2,1-2H3,(H,35,36). The van der Waals surface area contributed by atoms with Gasteiger partial charge in [-0.1, -0.05) is 78.3 Å². The van der Waals surface area contributed by atoms with Gasteiger partial charge in [0, 0.05) is 18.7 Å². The zero-order valence-corrected chi connectivity index (χ0v) is 23.3. The van der Waals surface area contributed by atoms with Crippen molar-refractivity contribution in [2.45, 2.75) is 19.6 Å². The van der Waals surface area contributed by atoms with E-state index in [2.05, 4.69) is 5.32 Å². The number of nitrogens with one attached hydrogen (secondary N) is 1. The highest BCUT2D eigenvalue weighted by molar-refractivity contribution is 6.32. The number of rotatable bonds is 13. The van der Waals surface area contributed by atoms with Gasteiger partial charge in [-0.2, -0.15) is 0 Å². The van der Waals surface area contributed by atoms with E-state index in [0.717, 1.165) is 16.7 Å².